The standard InChI is InChI=1S/C27H38N4O4S/c1-21-7-9-23(10-8-21)11-12-25-26(22(2)29-35-25)36(33,34)31-18-13-24(14-19-31)27(32)28-15-20-30-16-5-3-4-6-17-30/h7-12,24H,3-6,13-20H2,1-2H3,(H,28,32)/b12-11+. The SMILES string of the molecule is Cc1ccc(/C=C/c2onc(C)c2S(=O)(=O)N2CCC(C(=O)NCCN3CCCCCC3)CC2)cc1. The molecule has 0 saturated carbocycles. The molecule has 0 spiro atoms. The van der Waals surface area contributed by atoms with Crippen LogP contribution in [0.4, 0.5) is 0 Å². The van der Waals surface area contributed by atoms with Gasteiger partial charge in [0.1, 0.15) is 5.69 Å². The van der Waals surface area contributed by atoms with E-state index in [0.717, 1.165) is 30.8 Å². The van der Waals surface area contributed by atoms with Gasteiger partial charge in [0.05, 0.1) is 0 Å². The number of carbonyl (C=O) groups is 1. The van der Waals surface area contributed by atoms with Crippen LogP contribution in [-0.2, 0) is 14.8 Å². The van der Waals surface area contributed by atoms with Crippen LogP contribution in [0.1, 0.15) is 61.1 Å². The summed E-state index contributed by atoms with van der Waals surface area (Å²) in [6.07, 6.45) is 9.54. The molecule has 1 aromatic heterocycles. The van der Waals surface area contributed by atoms with Gasteiger partial charge in [-0.15, -0.1) is 0 Å². The van der Waals surface area contributed by atoms with Crippen LogP contribution in [0.3, 0.4) is 0 Å². The van der Waals surface area contributed by atoms with Crippen molar-refractivity contribution in [2.45, 2.75) is 57.3 Å². The number of hydrogen-bond acceptors (Lipinski definition) is 6. The van der Waals surface area contributed by atoms with Crippen LogP contribution in [0.5, 0.6) is 0 Å². The number of nitrogens with one attached hydrogen (secondary N) is 1. The van der Waals surface area contributed by atoms with Crippen molar-refractivity contribution in [1.82, 2.24) is 19.7 Å². The van der Waals surface area contributed by atoms with Crippen molar-refractivity contribution >= 4 is 28.1 Å². The maximum Gasteiger partial charge on any atom is 0.248 e. The summed E-state index contributed by atoms with van der Waals surface area (Å²) in [5.74, 6) is 0.0938. The molecule has 2 fully saturated rings. The summed E-state index contributed by atoms with van der Waals surface area (Å²) in [6, 6.07) is 7.93. The van der Waals surface area contributed by atoms with Crippen molar-refractivity contribution in [2.24, 2.45) is 5.92 Å². The molecule has 2 aromatic rings. The van der Waals surface area contributed by atoms with Crippen LogP contribution >= 0.6 is 0 Å². The van der Waals surface area contributed by atoms with Gasteiger partial charge < -0.3 is 14.7 Å². The lowest BCUT2D eigenvalue weighted by Crippen LogP contribution is -2.44. The fourth-order valence-corrected chi connectivity index (χ4v) is 6.70. The fraction of sp³-hybridized carbons (Fsp3) is 0.556. The number of hydrogen-bond donors (Lipinski definition) is 1. The van der Waals surface area contributed by atoms with Crippen LogP contribution < -0.4 is 5.32 Å². The van der Waals surface area contributed by atoms with Crippen LogP contribution in [0.15, 0.2) is 33.7 Å². The number of nitrogens with zero attached hydrogens (tertiary/aromatic N) is 3. The lowest BCUT2D eigenvalue weighted by molar-refractivity contribution is -0.126. The van der Waals surface area contributed by atoms with E-state index in [1.165, 1.54) is 30.0 Å². The predicted molar refractivity (Wildman–Crippen MR) is 141 cm³/mol. The molecule has 1 amide bonds. The Hall–Kier alpha value is -2.49. The Kier molecular flexibility index (Phi) is 8.98. The van der Waals surface area contributed by atoms with E-state index in [1.807, 2.05) is 37.3 Å². The van der Waals surface area contributed by atoms with Gasteiger partial charge in [-0.2, -0.15) is 4.31 Å². The van der Waals surface area contributed by atoms with Gasteiger partial charge in [0.15, 0.2) is 10.7 Å². The van der Waals surface area contributed by atoms with Crippen LogP contribution in [-0.4, -0.2) is 68.0 Å². The quantitative estimate of drug-likeness (QED) is 0.575. The highest BCUT2D eigenvalue weighted by Gasteiger charge is 2.35. The number of benzene rings is 1. The molecule has 3 heterocycles. The molecule has 0 atom stereocenters. The van der Waals surface area contributed by atoms with Gasteiger partial charge in [-0.1, -0.05) is 53.9 Å². The normalized spacial score (nSPS) is 18.9. The minimum atomic E-state index is -3.79. The molecule has 1 N–H and O–H groups in total. The Morgan fingerprint density at radius 1 is 1.03 bits per heavy atom. The Morgan fingerprint density at radius 3 is 2.36 bits per heavy atom. The first-order valence-electron chi connectivity index (χ1n) is 13.1. The summed E-state index contributed by atoms with van der Waals surface area (Å²) in [4.78, 5) is 15.2. The zero-order valence-corrected chi connectivity index (χ0v) is 22.2. The monoisotopic (exact) mass is 514 g/mol. The maximum atomic E-state index is 13.5. The molecule has 8 nitrogen and oxygen atoms in total. The first-order chi connectivity index (χ1) is 17.3. The molecule has 1 aromatic carbocycles. The number of piperidine rings is 1. The molecule has 196 valence electrons. The highest BCUT2D eigenvalue weighted by atomic mass is 32.2. The topological polar surface area (TPSA) is 95.8 Å². The first-order valence-corrected chi connectivity index (χ1v) is 14.5. The second kappa shape index (κ2) is 12.2. The Labute approximate surface area is 214 Å². The molecule has 9 heteroatoms. The summed E-state index contributed by atoms with van der Waals surface area (Å²) in [6.45, 7) is 8.01. The van der Waals surface area contributed by atoms with E-state index < -0.39 is 10.0 Å². The van der Waals surface area contributed by atoms with Crippen molar-refractivity contribution in [3.05, 3.63) is 46.8 Å². The molecule has 2 aliphatic heterocycles. The number of sulfonamides is 1. The summed E-state index contributed by atoms with van der Waals surface area (Å²) < 4.78 is 33.8. The maximum absolute atomic E-state index is 13.5. The van der Waals surface area contributed by atoms with Crippen molar-refractivity contribution in [1.29, 1.82) is 0 Å². The zero-order valence-electron chi connectivity index (χ0n) is 21.4. The third-order valence-corrected chi connectivity index (χ3v) is 9.24. The minimum absolute atomic E-state index is 0.0322. The van der Waals surface area contributed by atoms with Crippen molar-refractivity contribution in [2.75, 3.05) is 39.3 Å². The van der Waals surface area contributed by atoms with E-state index in [-0.39, 0.29) is 22.5 Å². The fourth-order valence-electron chi connectivity index (χ4n) is 4.98. The third kappa shape index (κ3) is 6.63. The van der Waals surface area contributed by atoms with Gasteiger partial charge in [-0.05, 0) is 64.3 Å². The number of likely N-dealkylation sites (tertiary alicyclic amines) is 1. The highest BCUT2D eigenvalue weighted by molar-refractivity contribution is 7.89. The van der Waals surface area contributed by atoms with Gasteiger partial charge >= 0.3 is 0 Å². The molecule has 36 heavy (non-hydrogen) atoms. The van der Waals surface area contributed by atoms with E-state index >= 15 is 0 Å². The summed E-state index contributed by atoms with van der Waals surface area (Å²) in [5, 5.41) is 7.00. The van der Waals surface area contributed by atoms with Crippen LogP contribution in [0, 0.1) is 19.8 Å². The van der Waals surface area contributed by atoms with Gasteiger partial charge in [0.2, 0.25) is 15.9 Å². The highest BCUT2D eigenvalue weighted by Crippen LogP contribution is 2.29. The van der Waals surface area contributed by atoms with Crippen LogP contribution in [0.2, 0.25) is 0 Å². The van der Waals surface area contributed by atoms with Crippen molar-refractivity contribution < 1.29 is 17.7 Å². The van der Waals surface area contributed by atoms with E-state index in [0.29, 0.717) is 38.2 Å². The van der Waals surface area contributed by atoms with E-state index in [1.54, 1.807) is 13.0 Å². The van der Waals surface area contributed by atoms with Gasteiger partial charge in [0.25, 0.3) is 0 Å². The molecule has 0 unspecified atom stereocenters. The smallest absolute Gasteiger partial charge is 0.248 e. The van der Waals surface area contributed by atoms with E-state index in [2.05, 4.69) is 15.4 Å². The number of rotatable bonds is 8. The van der Waals surface area contributed by atoms with Crippen molar-refractivity contribution in [3.63, 3.8) is 0 Å². The molecular formula is C27H38N4O4S. The van der Waals surface area contributed by atoms with E-state index in [4.69, 9.17) is 4.52 Å². The predicted octanol–water partition coefficient (Wildman–Crippen LogP) is 3.85. The largest absolute Gasteiger partial charge is 0.355 e. The minimum Gasteiger partial charge on any atom is -0.355 e. The molecule has 0 bridgehead atoms. The lowest BCUT2D eigenvalue weighted by Gasteiger charge is -2.30. The number of amides is 1. The van der Waals surface area contributed by atoms with Gasteiger partial charge in [0, 0.05) is 32.1 Å². The molecule has 0 radical (unpaired) electrons. The average Bonchev–Trinajstić information content (AvgIpc) is 3.07. The summed E-state index contributed by atoms with van der Waals surface area (Å²) in [7, 11) is -3.79. The first kappa shape index (κ1) is 26.6. The number of carbonyl (C=O) groups excluding carboxylic acids is 1. The summed E-state index contributed by atoms with van der Waals surface area (Å²) in [5.41, 5.74) is 2.44. The second-order valence-electron chi connectivity index (χ2n) is 9.93. The Morgan fingerprint density at radius 2 is 1.69 bits per heavy atom. The van der Waals surface area contributed by atoms with Gasteiger partial charge in [-0.25, -0.2) is 8.42 Å². The average molecular weight is 515 g/mol. The molecular weight excluding hydrogens is 476 g/mol. The van der Waals surface area contributed by atoms with Crippen LogP contribution in [0.25, 0.3) is 12.2 Å². The summed E-state index contributed by atoms with van der Waals surface area (Å²) >= 11 is 0. The Balaban J connectivity index is 1.32. The Bertz CT molecular complexity index is 1140. The van der Waals surface area contributed by atoms with Crippen molar-refractivity contribution in [3.8, 4) is 0 Å². The number of aromatic nitrogens is 1. The second-order valence-corrected chi connectivity index (χ2v) is 11.8. The lowest BCUT2D eigenvalue weighted by atomic mass is 9.97. The van der Waals surface area contributed by atoms with E-state index in [9.17, 15) is 13.2 Å². The molecule has 2 aliphatic rings. The molecule has 4 rings (SSSR count). The number of aryl methyl sites for hydroxylation is 2. The zero-order chi connectivity index (χ0) is 25.5. The third-order valence-electron chi connectivity index (χ3n) is 7.19. The molecule has 0 aliphatic carbocycles. The van der Waals surface area contributed by atoms with Gasteiger partial charge in [-0.3, -0.25) is 4.79 Å². The molecule has 2 saturated heterocycles.